The summed E-state index contributed by atoms with van der Waals surface area (Å²) in [6.45, 7) is 0.630. The van der Waals surface area contributed by atoms with Gasteiger partial charge in [0, 0.05) is 17.4 Å². The minimum atomic E-state index is -0.141. The molecule has 0 aliphatic rings. The molecule has 0 radical (unpaired) electrons. The van der Waals surface area contributed by atoms with Crippen LogP contribution in [-0.2, 0) is 13.0 Å². The molecule has 1 heterocycles. The first-order valence-corrected chi connectivity index (χ1v) is 9.58. The van der Waals surface area contributed by atoms with Crippen LogP contribution >= 0.6 is 34.8 Å². The van der Waals surface area contributed by atoms with E-state index in [1.165, 1.54) is 5.56 Å². The van der Waals surface area contributed by atoms with Crippen LogP contribution in [0.4, 0.5) is 0 Å². The van der Waals surface area contributed by atoms with Gasteiger partial charge in [0.15, 0.2) is 5.75 Å². The van der Waals surface area contributed by atoms with Crippen molar-refractivity contribution in [1.82, 2.24) is 9.55 Å². The molecule has 142 valence electrons. The van der Waals surface area contributed by atoms with Crippen molar-refractivity contribution < 1.29 is 9.47 Å². The Kier molecular flexibility index (Phi) is 6.89. The molecule has 0 spiro atoms. The van der Waals surface area contributed by atoms with Crippen molar-refractivity contribution in [1.29, 1.82) is 0 Å². The lowest BCUT2D eigenvalue weighted by molar-refractivity contribution is 0.170. The summed E-state index contributed by atoms with van der Waals surface area (Å²) in [7, 11) is 1.66. The maximum Gasteiger partial charge on any atom is 0.157 e. The van der Waals surface area contributed by atoms with Gasteiger partial charge in [0.2, 0.25) is 0 Å². The third-order valence-electron chi connectivity index (χ3n) is 4.14. The number of benzene rings is 2. The molecule has 2 aromatic carbocycles. The predicted octanol–water partition coefficient (Wildman–Crippen LogP) is 5.93. The highest BCUT2D eigenvalue weighted by Gasteiger charge is 2.17. The van der Waals surface area contributed by atoms with Crippen LogP contribution < -0.4 is 9.47 Å². The Morgan fingerprint density at radius 2 is 1.78 bits per heavy atom. The Morgan fingerprint density at radius 1 is 1.07 bits per heavy atom. The van der Waals surface area contributed by atoms with Crippen LogP contribution in [0.15, 0.2) is 55.1 Å². The summed E-state index contributed by atoms with van der Waals surface area (Å²) >= 11 is 18.6. The molecule has 4 nitrogen and oxygen atoms in total. The molecule has 27 heavy (non-hydrogen) atoms. The first-order valence-electron chi connectivity index (χ1n) is 8.45. The summed E-state index contributed by atoms with van der Waals surface area (Å²) < 4.78 is 13.3. The molecular formula is C20H19Cl3N2O2. The van der Waals surface area contributed by atoms with Crippen LogP contribution in [0, 0.1) is 0 Å². The lowest BCUT2D eigenvalue weighted by atomic mass is 10.1. The van der Waals surface area contributed by atoms with Crippen LogP contribution in [0.3, 0.4) is 0 Å². The van der Waals surface area contributed by atoms with E-state index < -0.39 is 0 Å². The molecule has 0 saturated carbocycles. The maximum absolute atomic E-state index is 6.28. The minimum Gasteiger partial charge on any atom is -0.497 e. The van der Waals surface area contributed by atoms with Gasteiger partial charge < -0.3 is 14.0 Å². The number of nitrogens with zero attached hydrogens (tertiary/aromatic N) is 2. The molecule has 0 aliphatic carbocycles. The van der Waals surface area contributed by atoms with Gasteiger partial charge in [0.1, 0.15) is 11.9 Å². The topological polar surface area (TPSA) is 36.3 Å². The fraction of sp³-hybridized carbons (Fsp3) is 0.250. The zero-order valence-corrected chi connectivity index (χ0v) is 17.0. The number of ether oxygens (including phenoxy) is 2. The number of aromatic nitrogens is 2. The monoisotopic (exact) mass is 424 g/mol. The molecule has 0 aliphatic heterocycles. The normalized spacial score (nSPS) is 12.0. The van der Waals surface area contributed by atoms with E-state index in [1.807, 2.05) is 22.9 Å². The van der Waals surface area contributed by atoms with Crippen LogP contribution in [0.5, 0.6) is 11.5 Å². The highest BCUT2D eigenvalue weighted by molar-refractivity contribution is 6.40. The van der Waals surface area contributed by atoms with Gasteiger partial charge in [0.05, 0.1) is 30.0 Å². The van der Waals surface area contributed by atoms with Crippen molar-refractivity contribution in [2.45, 2.75) is 25.5 Å². The number of hydrogen-bond donors (Lipinski definition) is 0. The first kappa shape index (κ1) is 19.9. The highest BCUT2D eigenvalue weighted by atomic mass is 35.5. The minimum absolute atomic E-state index is 0.141. The summed E-state index contributed by atoms with van der Waals surface area (Å²) in [5, 5.41) is 1.27. The molecule has 1 atom stereocenters. The van der Waals surface area contributed by atoms with Gasteiger partial charge in [-0.05, 0) is 42.7 Å². The summed E-state index contributed by atoms with van der Waals surface area (Å²) in [5.41, 5.74) is 1.20. The average Bonchev–Trinajstić information content (AvgIpc) is 3.16. The molecule has 0 amide bonds. The Bertz CT molecular complexity index is 844. The first-order chi connectivity index (χ1) is 13.0. The second-order valence-corrected chi connectivity index (χ2v) is 7.34. The number of hydrogen-bond acceptors (Lipinski definition) is 3. The molecular weight excluding hydrogens is 407 g/mol. The summed E-state index contributed by atoms with van der Waals surface area (Å²) in [5.74, 6) is 1.28. The Labute approximate surface area is 173 Å². The SMILES string of the molecule is COc1ccc(CCC(Cn2ccnc2)Oc2c(Cl)cc(Cl)cc2Cl)cc1. The predicted molar refractivity (Wildman–Crippen MR) is 109 cm³/mol. The fourth-order valence-electron chi connectivity index (χ4n) is 2.75. The quantitative estimate of drug-likeness (QED) is 0.448. The smallest absolute Gasteiger partial charge is 0.157 e. The van der Waals surface area contributed by atoms with Gasteiger partial charge in [-0.25, -0.2) is 4.98 Å². The number of rotatable bonds is 8. The maximum atomic E-state index is 6.28. The largest absolute Gasteiger partial charge is 0.497 e. The lowest BCUT2D eigenvalue weighted by Gasteiger charge is -2.21. The Balaban J connectivity index is 1.74. The Hall–Kier alpha value is -1.88. The molecule has 0 fully saturated rings. The van der Waals surface area contributed by atoms with Gasteiger partial charge >= 0.3 is 0 Å². The van der Waals surface area contributed by atoms with E-state index in [0.717, 1.165) is 18.6 Å². The number of methoxy groups -OCH3 is 1. The van der Waals surface area contributed by atoms with E-state index in [9.17, 15) is 0 Å². The van der Waals surface area contributed by atoms with Crippen molar-refractivity contribution >= 4 is 34.8 Å². The van der Waals surface area contributed by atoms with Crippen molar-refractivity contribution in [3.05, 3.63) is 75.8 Å². The van der Waals surface area contributed by atoms with Gasteiger partial charge in [-0.2, -0.15) is 0 Å². The van der Waals surface area contributed by atoms with E-state index in [-0.39, 0.29) is 6.10 Å². The lowest BCUT2D eigenvalue weighted by Crippen LogP contribution is -2.24. The van der Waals surface area contributed by atoms with Crippen molar-refractivity contribution in [2.24, 2.45) is 0 Å². The molecule has 0 N–H and O–H groups in total. The summed E-state index contributed by atoms with van der Waals surface area (Å²) in [6.07, 6.45) is 6.87. The standard InChI is InChI=1S/C20H19Cl3N2O2/c1-26-16-5-2-14(3-6-16)4-7-17(12-25-9-8-24-13-25)27-20-18(22)10-15(21)11-19(20)23/h2-3,5-6,8-11,13,17H,4,7,12H2,1H3. The second kappa shape index (κ2) is 9.36. The van der Waals surface area contributed by atoms with Gasteiger partial charge in [-0.1, -0.05) is 46.9 Å². The van der Waals surface area contributed by atoms with Crippen LogP contribution in [0.1, 0.15) is 12.0 Å². The zero-order chi connectivity index (χ0) is 19.2. The van der Waals surface area contributed by atoms with Crippen LogP contribution in [-0.4, -0.2) is 22.8 Å². The molecule has 1 unspecified atom stereocenters. The highest BCUT2D eigenvalue weighted by Crippen LogP contribution is 2.37. The molecule has 3 aromatic rings. The molecule has 7 heteroatoms. The molecule has 0 bridgehead atoms. The van der Waals surface area contributed by atoms with E-state index in [4.69, 9.17) is 44.3 Å². The number of halogens is 3. The van der Waals surface area contributed by atoms with E-state index in [2.05, 4.69) is 17.1 Å². The van der Waals surface area contributed by atoms with E-state index in [1.54, 1.807) is 31.8 Å². The van der Waals surface area contributed by atoms with Crippen molar-refractivity contribution in [3.63, 3.8) is 0 Å². The fourth-order valence-corrected chi connectivity index (χ4v) is 3.65. The summed E-state index contributed by atoms with van der Waals surface area (Å²) in [4.78, 5) is 4.09. The second-order valence-electron chi connectivity index (χ2n) is 6.08. The van der Waals surface area contributed by atoms with Gasteiger partial charge in [0.25, 0.3) is 0 Å². The van der Waals surface area contributed by atoms with Crippen molar-refractivity contribution in [3.8, 4) is 11.5 Å². The van der Waals surface area contributed by atoms with Gasteiger partial charge in [-0.15, -0.1) is 0 Å². The van der Waals surface area contributed by atoms with Crippen LogP contribution in [0.25, 0.3) is 0 Å². The Morgan fingerprint density at radius 3 is 2.37 bits per heavy atom. The third-order valence-corrected chi connectivity index (χ3v) is 4.91. The molecule has 3 rings (SSSR count). The van der Waals surface area contributed by atoms with E-state index >= 15 is 0 Å². The number of aryl methyl sites for hydroxylation is 1. The molecule has 0 saturated heterocycles. The number of imidazole rings is 1. The third kappa shape index (κ3) is 5.55. The zero-order valence-electron chi connectivity index (χ0n) is 14.7. The van der Waals surface area contributed by atoms with Crippen molar-refractivity contribution in [2.75, 3.05) is 7.11 Å². The van der Waals surface area contributed by atoms with Crippen LogP contribution in [0.2, 0.25) is 15.1 Å². The summed E-state index contributed by atoms with van der Waals surface area (Å²) in [6, 6.07) is 11.3. The molecule has 1 aromatic heterocycles. The van der Waals surface area contributed by atoms with Gasteiger partial charge in [-0.3, -0.25) is 0 Å². The van der Waals surface area contributed by atoms with E-state index in [0.29, 0.717) is 27.4 Å². The average molecular weight is 426 g/mol.